The molecule has 0 saturated carbocycles. The third-order valence-electron chi connectivity index (χ3n) is 5.58. The van der Waals surface area contributed by atoms with Crippen LogP contribution in [0.3, 0.4) is 0 Å². The average Bonchev–Trinajstić information content (AvgIpc) is 3.19. The molecule has 2 fully saturated rings. The van der Waals surface area contributed by atoms with Gasteiger partial charge in [-0.1, -0.05) is 18.2 Å². The van der Waals surface area contributed by atoms with Gasteiger partial charge in [0.2, 0.25) is 0 Å². The minimum atomic E-state index is 0.256. The molecule has 0 radical (unpaired) electrons. The quantitative estimate of drug-likeness (QED) is 0.414. The van der Waals surface area contributed by atoms with Gasteiger partial charge in [-0.15, -0.1) is 0 Å². The monoisotopic (exact) mass is 373 g/mol. The lowest BCUT2D eigenvalue weighted by atomic mass is 10.2. The summed E-state index contributed by atoms with van der Waals surface area (Å²) >= 11 is 0. The van der Waals surface area contributed by atoms with Crippen LogP contribution in [0.5, 0.6) is 0 Å². The summed E-state index contributed by atoms with van der Waals surface area (Å²) in [5.41, 5.74) is 1.29. The molecular weight excluding hydrogens is 338 g/mol. The third kappa shape index (κ3) is 5.84. The fourth-order valence-corrected chi connectivity index (χ4v) is 4.03. The summed E-state index contributed by atoms with van der Waals surface area (Å²) in [7, 11) is 1.83. The van der Waals surface area contributed by atoms with E-state index < -0.39 is 0 Å². The fourth-order valence-electron chi connectivity index (χ4n) is 4.03. The maximum absolute atomic E-state index is 6.01. The van der Waals surface area contributed by atoms with Gasteiger partial charge in [-0.2, -0.15) is 0 Å². The Morgan fingerprint density at radius 1 is 1.30 bits per heavy atom. The van der Waals surface area contributed by atoms with E-state index in [9.17, 15) is 0 Å². The van der Waals surface area contributed by atoms with Crippen LogP contribution in [-0.4, -0.2) is 75.9 Å². The number of aliphatic imine (C=N–C) groups is 1. The van der Waals surface area contributed by atoms with Gasteiger partial charge in [0, 0.05) is 51.5 Å². The second kappa shape index (κ2) is 10.5. The number of fused-ring (bicyclic) bond motifs is 1. The molecule has 0 spiro atoms. The van der Waals surface area contributed by atoms with Gasteiger partial charge in [-0.05, 0) is 44.9 Å². The summed E-state index contributed by atoms with van der Waals surface area (Å²) in [5, 5.41) is 6.86. The van der Waals surface area contributed by atoms with Crippen LogP contribution in [0.15, 0.2) is 35.3 Å². The molecule has 2 unspecified atom stereocenters. The van der Waals surface area contributed by atoms with E-state index in [4.69, 9.17) is 4.74 Å². The van der Waals surface area contributed by atoms with Crippen molar-refractivity contribution >= 4 is 11.6 Å². The zero-order valence-electron chi connectivity index (χ0n) is 16.9. The van der Waals surface area contributed by atoms with Crippen molar-refractivity contribution in [1.29, 1.82) is 0 Å². The summed E-state index contributed by atoms with van der Waals surface area (Å²) in [6.07, 6.45) is 3.93. The van der Waals surface area contributed by atoms with E-state index in [1.165, 1.54) is 25.1 Å². The number of para-hydroxylation sites is 1. The van der Waals surface area contributed by atoms with Crippen LogP contribution in [0.4, 0.5) is 5.69 Å². The average molecular weight is 374 g/mol. The summed E-state index contributed by atoms with van der Waals surface area (Å²) in [6.45, 7) is 9.13. The third-order valence-corrected chi connectivity index (χ3v) is 5.58. The minimum absolute atomic E-state index is 0.256. The van der Waals surface area contributed by atoms with Gasteiger partial charge in [-0.3, -0.25) is 9.89 Å². The van der Waals surface area contributed by atoms with Crippen molar-refractivity contribution in [3.63, 3.8) is 0 Å². The first-order valence-electron chi connectivity index (χ1n) is 10.4. The van der Waals surface area contributed by atoms with E-state index in [1.807, 2.05) is 7.05 Å². The van der Waals surface area contributed by atoms with Crippen molar-refractivity contribution in [3.05, 3.63) is 30.3 Å². The van der Waals surface area contributed by atoms with E-state index >= 15 is 0 Å². The lowest BCUT2D eigenvalue weighted by molar-refractivity contribution is -0.0453. The Bertz CT molecular complexity index is 579. The maximum atomic E-state index is 6.01. The molecule has 1 aromatic rings. The second-order valence-corrected chi connectivity index (χ2v) is 7.39. The molecule has 2 saturated heterocycles. The highest BCUT2D eigenvalue weighted by Crippen LogP contribution is 2.22. The van der Waals surface area contributed by atoms with Crippen LogP contribution in [0.2, 0.25) is 0 Å². The van der Waals surface area contributed by atoms with Crippen molar-refractivity contribution in [2.45, 2.75) is 38.3 Å². The largest absolute Gasteiger partial charge is 0.373 e. The SMILES string of the molecule is CCN(CCCNC(=NC)NCC1CN2CCCC2CO1)c1ccccc1. The molecular formula is C21H35N5O. The van der Waals surface area contributed by atoms with Gasteiger partial charge >= 0.3 is 0 Å². The van der Waals surface area contributed by atoms with Crippen molar-refractivity contribution in [2.75, 3.05) is 57.8 Å². The van der Waals surface area contributed by atoms with Crippen molar-refractivity contribution in [1.82, 2.24) is 15.5 Å². The Labute approximate surface area is 164 Å². The molecule has 0 amide bonds. The first-order chi connectivity index (χ1) is 13.3. The molecule has 6 nitrogen and oxygen atoms in total. The number of anilines is 1. The number of ether oxygens (including phenoxy) is 1. The Balaban J connectivity index is 1.33. The standard InChI is InChI=1S/C21H35N5O/c1-3-25(18-9-5-4-6-10-18)14-8-12-23-21(22-2)24-15-20-16-26-13-7-11-19(26)17-27-20/h4-6,9-10,19-20H,3,7-8,11-17H2,1-2H3,(H2,22,23,24). The Hall–Kier alpha value is -1.79. The lowest BCUT2D eigenvalue weighted by Crippen LogP contribution is -2.51. The first-order valence-corrected chi connectivity index (χ1v) is 10.4. The zero-order valence-corrected chi connectivity index (χ0v) is 16.9. The Morgan fingerprint density at radius 2 is 2.15 bits per heavy atom. The van der Waals surface area contributed by atoms with E-state index in [1.54, 1.807) is 0 Å². The smallest absolute Gasteiger partial charge is 0.191 e. The molecule has 6 heteroatoms. The van der Waals surface area contributed by atoms with Gasteiger partial charge in [0.1, 0.15) is 0 Å². The normalized spacial score (nSPS) is 23.1. The first kappa shape index (κ1) is 20.0. The number of hydrogen-bond donors (Lipinski definition) is 2. The predicted molar refractivity (Wildman–Crippen MR) is 113 cm³/mol. The Morgan fingerprint density at radius 3 is 2.93 bits per heavy atom. The molecule has 27 heavy (non-hydrogen) atoms. The molecule has 2 aliphatic rings. The van der Waals surface area contributed by atoms with Gasteiger partial charge in [0.15, 0.2) is 5.96 Å². The molecule has 2 aliphatic heterocycles. The molecule has 2 N–H and O–H groups in total. The van der Waals surface area contributed by atoms with Gasteiger partial charge in [0.05, 0.1) is 12.7 Å². The topological polar surface area (TPSA) is 52.1 Å². The number of nitrogens with zero attached hydrogens (tertiary/aromatic N) is 3. The van der Waals surface area contributed by atoms with Gasteiger partial charge in [0.25, 0.3) is 0 Å². The number of hydrogen-bond acceptors (Lipinski definition) is 4. The fraction of sp³-hybridized carbons (Fsp3) is 0.667. The molecule has 0 bridgehead atoms. The molecule has 3 rings (SSSR count). The highest BCUT2D eigenvalue weighted by molar-refractivity contribution is 5.79. The van der Waals surface area contributed by atoms with Crippen LogP contribution in [0.25, 0.3) is 0 Å². The van der Waals surface area contributed by atoms with Crippen molar-refractivity contribution in [3.8, 4) is 0 Å². The predicted octanol–water partition coefficient (Wildman–Crippen LogP) is 1.93. The number of guanidine groups is 1. The van der Waals surface area contributed by atoms with Crippen LogP contribution in [0, 0.1) is 0 Å². The Kier molecular flexibility index (Phi) is 7.78. The summed E-state index contributed by atoms with van der Waals surface area (Å²) in [6, 6.07) is 11.3. The molecule has 0 aromatic heterocycles. The van der Waals surface area contributed by atoms with Crippen LogP contribution < -0.4 is 15.5 Å². The highest BCUT2D eigenvalue weighted by Gasteiger charge is 2.32. The highest BCUT2D eigenvalue weighted by atomic mass is 16.5. The van der Waals surface area contributed by atoms with E-state index in [-0.39, 0.29) is 6.10 Å². The molecule has 2 atom stereocenters. The van der Waals surface area contributed by atoms with Crippen LogP contribution in [0.1, 0.15) is 26.2 Å². The van der Waals surface area contributed by atoms with Crippen LogP contribution in [-0.2, 0) is 4.74 Å². The van der Waals surface area contributed by atoms with E-state index in [2.05, 4.69) is 62.7 Å². The molecule has 1 aromatic carbocycles. The number of nitrogens with one attached hydrogen (secondary N) is 2. The zero-order chi connectivity index (χ0) is 18.9. The summed E-state index contributed by atoms with van der Waals surface area (Å²) in [5.74, 6) is 0.866. The summed E-state index contributed by atoms with van der Waals surface area (Å²) in [4.78, 5) is 9.33. The summed E-state index contributed by atoms with van der Waals surface area (Å²) < 4.78 is 6.01. The molecule has 2 heterocycles. The lowest BCUT2D eigenvalue weighted by Gasteiger charge is -2.35. The number of morpholine rings is 1. The van der Waals surface area contributed by atoms with Gasteiger partial charge < -0.3 is 20.3 Å². The maximum Gasteiger partial charge on any atom is 0.191 e. The number of benzene rings is 1. The number of rotatable bonds is 8. The van der Waals surface area contributed by atoms with Crippen molar-refractivity contribution < 1.29 is 4.74 Å². The second-order valence-electron chi connectivity index (χ2n) is 7.39. The minimum Gasteiger partial charge on any atom is -0.373 e. The van der Waals surface area contributed by atoms with Crippen LogP contribution >= 0.6 is 0 Å². The van der Waals surface area contributed by atoms with Crippen molar-refractivity contribution in [2.24, 2.45) is 4.99 Å². The van der Waals surface area contributed by atoms with E-state index in [0.717, 1.165) is 51.7 Å². The molecule has 150 valence electrons. The van der Waals surface area contributed by atoms with Gasteiger partial charge in [-0.25, -0.2) is 0 Å². The van der Waals surface area contributed by atoms with E-state index in [0.29, 0.717) is 6.04 Å². The molecule has 0 aliphatic carbocycles.